The van der Waals surface area contributed by atoms with Crippen molar-refractivity contribution in [3.05, 3.63) is 18.1 Å². The summed E-state index contributed by atoms with van der Waals surface area (Å²) >= 11 is 5.01. The van der Waals surface area contributed by atoms with Crippen LogP contribution in [0.25, 0.3) is 11.0 Å². The Labute approximate surface area is 125 Å². The predicted molar refractivity (Wildman–Crippen MR) is 79.4 cm³/mol. The van der Waals surface area contributed by atoms with E-state index in [0.29, 0.717) is 16.6 Å². The summed E-state index contributed by atoms with van der Waals surface area (Å²) in [5.41, 5.74) is 12.5. The Morgan fingerprint density at radius 2 is 2.10 bits per heavy atom. The van der Waals surface area contributed by atoms with Crippen LogP contribution in [0.15, 0.2) is 12.5 Å². The molecule has 6 N–H and O–H groups in total. The van der Waals surface area contributed by atoms with Crippen molar-refractivity contribution in [1.82, 2.24) is 14.5 Å². The average molecular weight is 309 g/mol. The number of ether oxygens (including phenoxy) is 1. The standard InChI is InChI=1S/C12H15N5O3S/c1-4-7(18)8(19)12(20-4)17-2-5(10(14)21)6-9(13)15-3-16-11(6)17/h2-4,7-8,12,18-19H,1H3,(H2,14,21)(H2,13,15,16)/t4-,7-,8-,12-/m1/s1. The van der Waals surface area contributed by atoms with Gasteiger partial charge in [-0.1, -0.05) is 12.2 Å². The molecule has 0 aliphatic carbocycles. The van der Waals surface area contributed by atoms with Crippen molar-refractivity contribution in [2.45, 2.75) is 31.5 Å². The van der Waals surface area contributed by atoms with Gasteiger partial charge < -0.3 is 31.0 Å². The Kier molecular flexibility index (Phi) is 3.29. The van der Waals surface area contributed by atoms with Crippen molar-refractivity contribution < 1.29 is 14.9 Å². The van der Waals surface area contributed by atoms with Crippen LogP contribution in [0.3, 0.4) is 0 Å². The third-order valence-electron chi connectivity index (χ3n) is 3.66. The normalized spacial score (nSPS) is 29.1. The molecule has 0 radical (unpaired) electrons. The Balaban J connectivity index is 2.20. The summed E-state index contributed by atoms with van der Waals surface area (Å²) in [6.07, 6.45) is -0.467. The maximum Gasteiger partial charge on any atom is 0.164 e. The van der Waals surface area contributed by atoms with Crippen LogP contribution in [-0.2, 0) is 4.74 Å². The van der Waals surface area contributed by atoms with Gasteiger partial charge in [-0.25, -0.2) is 9.97 Å². The van der Waals surface area contributed by atoms with Gasteiger partial charge in [-0.05, 0) is 6.92 Å². The van der Waals surface area contributed by atoms with Crippen LogP contribution in [0.2, 0.25) is 0 Å². The molecule has 21 heavy (non-hydrogen) atoms. The van der Waals surface area contributed by atoms with Crippen molar-refractivity contribution in [2.24, 2.45) is 5.73 Å². The second-order valence-electron chi connectivity index (χ2n) is 4.98. The van der Waals surface area contributed by atoms with Crippen LogP contribution in [0, 0.1) is 0 Å². The van der Waals surface area contributed by atoms with Gasteiger partial charge in [0, 0.05) is 11.8 Å². The summed E-state index contributed by atoms with van der Waals surface area (Å²) in [4.78, 5) is 8.22. The summed E-state index contributed by atoms with van der Waals surface area (Å²) in [6.45, 7) is 1.68. The second-order valence-corrected chi connectivity index (χ2v) is 5.42. The number of hydrogen-bond acceptors (Lipinski definition) is 7. The number of fused-ring (bicyclic) bond motifs is 1. The lowest BCUT2D eigenvalue weighted by atomic mass is 10.1. The first kappa shape index (κ1) is 14.1. The van der Waals surface area contributed by atoms with Gasteiger partial charge in [0.25, 0.3) is 0 Å². The SMILES string of the molecule is C[C@H]1O[C@@H](n2cc(C(N)=S)c3c(N)ncnc32)[C@H](O)[C@@H]1O. The highest BCUT2D eigenvalue weighted by Gasteiger charge is 2.42. The minimum atomic E-state index is -1.09. The van der Waals surface area contributed by atoms with E-state index in [4.69, 9.17) is 28.4 Å². The molecule has 112 valence electrons. The maximum absolute atomic E-state index is 10.1. The third kappa shape index (κ3) is 2.05. The molecule has 1 aliphatic heterocycles. The molecule has 8 nitrogen and oxygen atoms in total. The van der Waals surface area contributed by atoms with Crippen LogP contribution in [0.5, 0.6) is 0 Å². The number of hydrogen-bond donors (Lipinski definition) is 4. The van der Waals surface area contributed by atoms with Gasteiger partial charge in [0.2, 0.25) is 0 Å². The molecule has 2 aromatic heterocycles. The number of nitrogens with zero attached hydrogens (tertiary/aromatic N) is 3. The largest absolute Gasteiger partial charge is 0.389 e. The fourth-order valence-corrected chi connectivity index (χ4v) is 2.70. The molecular weight excluding hydrogens is 294 g/mol. The lowest BCUT2D eigenvalue weighted by Crippen LogP contribution is -2.30. The van der Waals surface area contributed by atoms with Crippen LogP contribution in [0.1, 0.15) is 18.7 Å². The van der Waals surface area contributed by atoms with E-state index in [-0.39, 0.29) is 10.8 Å². The molecule has 0 bridgehead atoms. The highest BCUT2D eigenvalue weighted by Crippen LogP contribution is 2.34. The lowest BCUT2D eigenvalue weighted by molar-refractivity contribution is -0.0296. The molecular formula is C12H15N5O3S. The number of nitrogens with two attached hydrogens (primary N) is 2. The van der Waals surface area contributed by atoms with Crippen molar-refractivity contribution in [3.63, 3.8) is 0 Å². The van der Waals surface area contributed by atoms with Crippen LogP contribution < -0.4 is 11.5 Å². The molecule has 1 fully saturated rings. The number of anilines is 1. The highest BCUT2D eigenvalue weighted by molar-refractivity contribution is 7.80. The molecule has 0 amide bonds. The van der Waals surface area contributed by atoms with E-state index in [9.17, 15) is 10.2 Å². The van der Waals surface area contributed by atoms with E-state index < -0.39 is 24.5 Å². The Hall–Kier alpha value is -1.81. The molecule has 0 aromatic carbocycles. The van der Waals surface area contributed by atoms with Crippen LogP contribution >= 0.6 is 12.2 Å². The van der Waals surface area contributed by atoms with E-state index in [1.807, 2.05) is 0 Å². The van der Waals surface area contributed by atoms with Gasteiger partial charge in [-0.2, -0.15) is 0 Å². The summed E-state index contributed by atoms with van der Waals surface area (Å²) < 4.78 is 7.16. The minimum Gasteiger partial charge on any atom is -0.389 e. The summed E-state index contributed by atoms with van der Waals surface area (Å²) in [5, 5.41) is 20.5. The number of nitrogen functional groups attached to an aromatic ring is 1. The molecule has 0 saturated carbocycles. The number of aliphatic hydroxyl groups excluding tert-OH is 2. The van der Waals surface area contributed by atoms with E-state index in [1.54, 1.807) is 17.7 Å². The van der Waals surface area contributed by atoms with Gasteiger partial charge >= 0.3 is 0 Å². The fraction of sp³-hybridized carbons (Fsp3) is 0.417. The summed E-state index contributed by atoms with van der Waals surface area (Å²) in [6, 6.07) is 0. The zero-order valence-corrected chi connectivity index (χ0v) is 12.0. The second kappa shape index (κ2) is 4.88. The minimum absolute atomic E-state index is 0.140. The Morgan fingerprint density at radius 3 is 2.67 bits per heavy atom. The first-order valence-corrected chi connectivity index (χ1v) is 6.75. The molecule has 0 spiro atoms. The molecule has 1 saturated heterocycles. The molecule has 1 aliphatic rings. The summed E-state index contributed by atoms with van der Waals surface area (Å²) in [5.74, 6) is 0.239. The maximum atomic E-state index is 10.1. The van der Waals surface area contributed by atoms with Gasteiger partial charge in [-0.15, -0.1) is 0 Å². The van der Waals surface area contributed by atoms with Gasteiger partial charge in [0.05, 0.1) is 11.5 Å². The molecule has 0 unspecified atom stereocenters. The molecule has 3 rings (SSSR count). The fourth-order valence-electron chi connectivity index (χ4n) is 2.55. The predicted octanol–water partition coefficient (Wildman–Crippen LogP) is -0.713. The van der Waals surface area contributed by atoms with E-state index in [0.717, 1.165) is 0 Å². The Bertz CT molecular complexity index is 718. The van der Waals surface area contributed by atoms with Crippen LogP contribution in [-0.4, -0.2) is 48.0 Å². The van der Waals surface area contributed by atoms with E-state index >= 15 is 0 Å². The number of aliphatic hydroxyl groups is 2. The number of thiocarbonyl (C=S) groups is 1. The zero-order valence-electron chi connectivity index (χ0n) is 11.2. The van der Waals surface area contributed by atoms with Crippen LogP contribution in [0.4, 0.5) is 5.82 Å². The Morgan fingerprint density at radius 1 is 1.38 bits per heavy atom. The van der Waals surface area contributed by atoms with Crippen molar-refractivity contribution in [1.29, 1.82) is 0 Å². The molecule has 3 heterocycles. The number of aromatic nitrogens is 3. The monoisotopic (exact) mass is 309 g/mol. The average Bonchev–Trinajstić information content (AvgIpc) is 2.94. The number of rotatable bonds is 2. The quantitative estimate of drug-likeness (QED) is 0.535. The van der Waals surface area contributed by atoms with E-state index in [2.05, 4.69) is 9.97 Å². The van der Waals surface area contributed by atoms with Crippen molar-refractivity contribution in [3.8, 4) is 0 Å². The third-order valence-corrected chi connectivity index (χ3v) is 3.88. The summed E-state index contributed by atoms with van der Waals surface area (Å²) in [7, 11) is 0. The molecule has 4 atom stereocenters. The van der Waals surface area contributed by atoms with E-state index in [1.165, 1.54) is 6.33 Å². The van der Waals surface area contributed by atoms with Crippen molar-refractivity contribution >= 4 is 34.1 Å². The topological polar surface area (TPSA) is 132 Å². The van der Waals surface area contributed by atoms with Crippen molar-refractivity contribution in [2.75, 3.05) is 5.73 Å². The smallest absolute Gasteiger partial charge is 0.164 e. The first-order valence-electron chi connectivity index (χ1n) is 6.34. The highest BCUT2D eigenvalue weighted by atomic mass is 32.1. The lowest BCUT2D eigenvalue weighted by Gasteiger charge is -2.17. The van der Waals surface area contributed by atoms with Gasteiger partial charge in [-0.3, -0.25) is 0 Å². The molecule has 9 heteroatoms. The van der Waals surface area contributed by atoms with Gasteiger partial charge in [0.15, 0.2) is 6.23 Å². The first-order chi connectivity index (χ1) is 9.91. The molecule has 2 aromatic rings. The zero-order chi connectivity index (χ0) is 15.3. The van der Waals surface area contributed by atoms with Gasteiger partial charge in [0.1, 0.15) is 35.0 Å².